The van der Waals surface area contributed by atoms with Crippen molar-refractivity contribution in [3.8, 4) is 80.1 Å². The highest BCUT2D eigenvalue weighted by atomic mass is 35.5. The SMILES string of the molecule is CNC1C(=O)NC2C(=O)NC(C(=O)NC3C(=O)NC4C(=O)NC(C(=O)NC(C(=O)O)c5cc(O)cc(OC6OC(CO)C(O)C(O)C6O)c5-c5cc4ccc5O)C(O)c4cc(Cl)c(c(Cl)c4)Oc4cc3cc(c4OC3OC(CO)C(O)C(O)C3NC(=O)CCCCCCCC(C)C)Oc3ccc(cc3Cl)C2O)c2cc(cc(O)c2Cl)Oc2cc1ccc2O. The Labute approximate surface area is 718 Å². The third-order valence-electron chi connectivity index (χ3n) is 21.7. The zero-order valence-corrected chi connectivity index (χ0v) is 68.1. The quantitative estimate of drug-likeness (QED) is 0.0558. The molecule has 2 saturated heterocycles. The van der Waals surface area contributed by atoms with Crippen molar-refractivity contribution in [2.24, 2.45) is 5.92 Å². The van der Waals surface area contributed by atoms with Gasteiger partial charge in [0.25, 0.3) is 0 Å². The Bertz CT molecular complexity index is 5240. The second kappa shape index (κ2) is 37.7. The summed E-state index contributed by atoms with van der Waals surface area (Å²) in [4.78, 5) is 123. The number of aliphatic carboxylic acids is 1. The number of phenols is 4. The van der Waals surface area contributed by atoms with Gasteiger partial charge < -0.3 is 147 Å². The average Bonchev–Trinajstić information content (AvgIpc) is 0.749. The molecular formula is C82H86Cl4N8O29. The predicted molar refractivity (Wildman–Crippen MR) is 430 cm³/mol. The maximum Gasteiger partial charge on any atom is 0.330 e. The van der Waals surface area contributed by atoms with Gasteiger partial charge in [0.15, 0.2) is 34.8 Å². The summed E-state index contributed by atoms with van der Waals surface area (Å²) in [7, 11) is 1.35. The summed E-state index contributed by atoms with van der Waals surface area (Å²) in [6, 6.07) is -0.564. The molecule has 7 aromatic rings. The van der Waals surface area contributed by atoms with Crippen LogP contribution in [0.25, 0.3) is 11.1 Å². The van der Waals surface area contributed by atoms with E-state index in [1.807, 2.05) is 0 Å². The number of carbonyl (C=O) groups excluding carboxylic acids is 7. The normalized spacial score (nSPS) is 27.0. The molecule has 7 amide bonds. The number of unbranched alkanes of at least 4 members (excludes halogenated alkanes) is 4. The van der Waals surface area contributed by atoms with E-state index in [9.17, 15) is 85.9 Å². The fourth-order valence-corrected chi connectivity index (χ4v) is 16.2. The van der Waals surface area contributed by atoms with Gasteiger partial charge in [0.1, 0.15) is 132 Å². The van der Waals surface area contributed by atoms with Crippen LogP contribution in [0.1, 0.15) is 140 Å². The van der Waals surface area contributed by atoms with E-state index in [2.05, 4.69) is 56.4 Å². The third kappa shape index (κ3) is 19.0. The number of fused-ring (bicyclic) bond motifs is 14. The highest BCUT2D eigenvalue weighted by Gasteiger charge is 2.50. The number of hydrogen-bond acceptors (Lipinski definition) is 29. The van der Waals surface area contributed by atoms with E-state index in [0.29, 0.717) is 18.8 Å². The molecule has 19 unspecified atom stereocenters. The minimum Gasteiger partial charge on any atom is -0.508 e. The Morgan fingerprint density at radius 3 is 1.73 bits per heavy atom. The molecule has 37 nitrogen and oxygen atoms in total. The van der Waals surface area contributed by atoms with Gasteiger partial charge in [-0.25, -0.2) is 4.79 Å². The monoisotopic (exact) mass is 1790 g/mol. The summed E-state index contributed by atoms with van der Waals surface area (Å²) in [6.07, 6.45) is -18.2. The molecule has 656 valence electrons. The number of rotatable bonds is 17. The number of aromatic hydroxyl groups is 4. The number of benzene rings is 7. The molecule has 8 heterocycles. The molecule has 15 rings (SSSR count). The molecule has 0 aliphatic carbocycles. The first kappa shape index (κ1) is 89.9. The van der Waals surface area contributed by atoms with Crippen molar-refractivity contribution in [3.05, 3.63) is 162 Å². The number of ether oxygens (including phenoxy) is 7. The summed E-state index contributed by atoms with van der Waals surface area (Å²) in [5, 5.41) is 179. The molecule has 123 heavy (non-hydrogen) atoms. The lowest BCUT2D eigenvalue weighted by molar-refractivity contribution is -0.277. The van der Waals surface area contributed by atoms with Crippen molar-refractivity contribution < 1.29 is 143 Å². The molecule has 0 aromatic heterocycles. The van der Waals surface area contributed by atoms with Crippen LogP contribution in [0.4, 0.5) is 0 Å². The van der Waals surface area contributed by atoms with Crippen LogP contribution in [0.15, 0.2) is 103 Å². The van der Waals surface area contributed by atoms with Crippen LogP contribution in [-0.2, 0) is 47.8 Å². The summed E-state index contributed by atoms with van der Waals surface area (Å²) < 4.78 is 44.2. The van der Waals surface area contributed by atoms with Crippen LogP contribution >= 0.6 is 46.4 Å². The van der Waals surface area contributed by atoms with Crippen LogP contribution in [-0.4, -0.2) is 213 Å². The van der Waals surface area contributed by atoms with Gasteiger partial charge in [-0.2, -0.15) is 0 Å². The lowest BCUT2D eigenvalue weighted by Crippen LogP contribution is -2.65. The lowest BCUT2D eigenvalue weighted by atomic mass is 9.89. The molecule has 7 aromatic carbocycles. The minimum absolute atomic E-state index is 0.0858. The average molecular weight is 1790 g/mol. The maximum absolute atomic E-state index is 16.7. The smallest absolute Gasteiger partial charge is 0.330 e. The van der Waals surface area contributed by atoms with Crippen molar-refractivity contribution in [2.45, 2.75) is 175 Å². The summed E-state index contributed by atoms with van der Waals surface area (Å²) in [6.45, 7) is 2.19. The van der Waals surface area contributed by atoms with E-state index < -0.39 is 299 Å². The molecule has 8 aliphatic heterocycles. The van der Waals surface area contributed by atoms with E-state index in [-0.39, 0.29) is 23.3 Å². The summed E-state index contributed by atoms with van der Waals surface area (Å²) in [5.74, 6) is -18.9. The van der Waals surface area contributed by atoms with Crippen molar-refractivity contribution in [1.29, 1.82) is 0 Å². The molecule has 0 radical (unpaired) electrons. The molecule has 0 spiro atoms. The molecule has 8 aliphatic rings. The van der Waals surface area contributed by atoms with Gasteiger partial charge >= 0.3 is 5.97 Å². The fraction of sp³-hybridized carbons (Fsp3) is 0.390. The number of nitrogens with one attached hydrogen (secondary N) is 8. The first-order chi connectivity index (χ1) is 58.5. The molecule has 2 fully saturated rings. The molecule has 19 atom stereocenters. The van der Waals surface area contributed by atoms with Crippen LogP contribution < -0.4 is 66.2 Å². The summed E-state index contributed by atoms with van der Waals surface area (Å²) >= 11 is 28.6. The zero-order chi connectivity index (χ0) is 88.6. The van der Waals surface area contributed by atoms with E-state index in [4.69, 9.17) is 79.6 Å². The number of carboxylic acids is 1. The van der Waals surface area contributed by atoms with Crippen LogP contribution in [0.5, 0.6) is 69.0 Å². The van der Waals surface area contributed by atoms with Crippen molar-refractivity contribution >= 4 is 93.7 Å². The number of carboxylic acid groups (broad SMARTS) is 1. The molecule has 17 bridgehead atoms. The van der Waals surface area contributed by atoms with Crippen molar-refractivity contribution in [1.82, 2.24) is 42.5 Å². The standard InChI is InChI=1S/C82H86Cl4N8O29/c1-30(2)9-7-5-4-6-8-10-54(101)88-64-69(106)67(104)52(28-95)121-81(64)123-73-50-22-34-23-51(73)119-72-42(84)19-35(20-43(72)85)66(103)63-79(114)92-61(80(115)116)39-24-36(97)25-49(120-82-71(108)70(107)68(105)53(29-96)122-82)55(39)38-17-31(11-14-44(38)98)58(75(110)94-63)89-76(111)59(34)90-77(112)60-40-26-37(27-46(100)56(40)86)117-48-21-32(12-15-45(48)99)57(87-3)74(109)93-62(78(113)91-60)65(102)33-13-16-47(118-50)41(83)18-33/h11-27,30,52-53,57-71,81-82,87,95-100,102-108H,4-10,28-29H2,1-3H3,(H,88,101)(H,89,111)(H,90,112)(H,91,113)(H,92,114)(H,93,109)(H,94,110)(H,115,116). The Kier molecular flexibility index (Phi) is 27.6. The van der Waals surface area contributed by atoms with Crippen LogP contribution in [0, 0.1) is 5.92 Å². The summed E-state index contributed by atoms with van der Waals surface area (Å²) in [5.41, 5.74) is -4.31. The Morgan fingerprint density at radius 1 is 0.496 bits per heavy atom. The number of phenolic OH excluding ortho intramolecular Hbond substituents is 4. The highest BCUT2D eigenvalue weighted by molar-refractivity contribution is 6.37. The maximum atomic E-state index is 16.7. The van der Waals surface area contributed by atoms with Crippen molar-refractivity contribution in [2.75, 3.05) is 20.3 Å². The second-order valence-corrected chi connectivity index (χ2v) is 32.1. The second-order valence-electron chi connectivity index (χ2n) is 30.5. The van der Waals surface area contributed by atoms with Gasteiger partial charge in [0, 0.05) is 40.8 Å². The topological polar surface area (TPSA) is 581 Å². The number of carbonyl (C=O) groups is 8. The fourth-order valence-electron chi connectivity index (χ4n) is 15.2. The Balaban J connectivity index is 1.06. The van der Waals surface area contributed by atoms with Crippen LogP contribution in [0.2, 0.25) is 20.1 Å². The number of amides is 7. The van der Waals surface area contributed by atoms with Gasteiger partial charge in [-0.15, -0.1) is 0 Å². The van der Waals surface area contributed by atoms with Gasteiger partial charge in [-0.1, -0.05) is 111 Å². The van der Waals surface area contributed by atoms with E-state index in [1.165, 1.54) is 25.2 Å². The van der Waals surface area contributed by atoms with Gasteiger partial charge in [0.2, 0.25) is 59.7 Å². The molecule has 0 saturated carbocycles. The highest BCUT2D eigenvalue weighted by Crippen LogP contribution is 2.52. The number of aliphatic hydroxyl groups is 9. The van der Waals surface area contributed by atoms with E-state index in [1.54, 1.807) is 0 Å². The van der Waals surface area contributed by atoms with Crippen molar-refractivity contribution in [3.63, 3.8) is 0 Å². The number of aliphatic hydroxyl groups excluding tert-OH is 9. The van der Waals surface area contributed by atoms with Crippen LogP contribution in [0.3, 0.4) is 0 Å². The lowest BCUT2D eigenvalue weighted by Gasteiger charge is -2.42. The van der Waals surface area contributed by atoms with E-state index in [0.717, 1.165) is 111 Å². The third-order valence-corrected chi connectivity index (χ3v) is 22.9. The zero-order valence-electron chi connectivity index (χ0n) is 65.1. The van der Waals surface area contributed by atoms with Gasteiger partial charge in [-0.05, 0) is 120 Å². The Hall–Kier alpha value is -10.8. The largest absolute Gasteiger partial charge is 0.508 e. The number of likely N-dealkylation sites (N-methyl/N-ethyl adjacent to an activating group) is 1. The number of hydrogen-bond donors (Lipinski definition) is 22. The minimum atomic E-state index is -2.55. The molecular weight excluding hydrogens is 1700 g/mol. The molecule has 41 heteroatoms. The Morgan fingerprint density at radius 2 is 1.07 bits per heavy atom. The van der Waals surface area contributed by atoms with Gasteiger partial charge in [0.05, 0.1) is 33.3 Å². The number of halogens is 4. The van der Waals surface area contributed by atoms with E-state index >= 15 is 24.0 Å². The first-order valence-corrected chi connectivity index (χ1v) is 40.3. The first-order valence-electron chi connectivity index (χ1n) is 38.7. The molecule has 22 N–H and O–H groups in total. The van der Waals surface area contributed by atoms with Gasteiger partial charge in [-0.3, -0.25) is 33.6 Å². The predicted octanol–water partition coefficient (Wildman–Crippen LogP) is 4.50.